The standard InChI is InChI=1S/C28H36N2O5/c1-17(2)14-23(26(33)30-24(15-25(31)32)28(3,4)5)29-27(34)35-16-22-20-12-8-6-10-18(20)19-11-7-9-13-21(19)22/h6-13,17,22-24H,14-16H2,1-5H3,(H,29,34)(H,30,33)(H,31,32)/t23-,24?/m1/s1. The number of alkyl carbamates (subject to hydrolysis) is 1. The summed E-state index contributed by atoms with van der Waals surface area (Å²) in [4.78, 5) is 37.1. The first-order valence-electron chi connectivity index (χ1n) is 12.1. The minimum absolute atomic E-state index is 0.0774. The maximum Gasteiger partial charge on any atom is 0.407 e. The summed E-state index contributed by atoms with van der Waals surface area (Å²) in [5, 5.41) is 14.8. The van der Waals surface area contributed by atoms with Crippen LogP contribution in [0.3, 0.4) is 0 Å². The van der Waals surface area contributed by atoms with E-state index in [9.17, 15) is 19.5 Å². The molecule has 1 unspecified atom stereocenters. The Hall–Kier alpha value is -3.35. The summed E-state index contributed by atoms with van der Waals surface area (Å²) in [6.45, 7) is 9.68. The van der Waals surface area contributed by atoms with Gasteiger partial charge in [0.2, 0.25) is 5.91 Å². The van der Waals surface area contributed by atoms with Gasteiger partial charge in [0.1, 0.15) is 12.6 Å². The number of hydrogen-bond donors (Lipinski definition) is 3. The van der Waals surface area contributed by atoms with Gasteiger partial charge in [-0.15, -0.1) is 0 Å². The van der Waals surface area contributed by atoms with Crippen molar-refractivity contribution >= 4 is 18.0 Å². The summed E-state index contributed by atoms with van der Waals surface area (Å²) in [5.74, 6) is -1.35. The number of aliphatic carboxylic acids is 1. The van der Waals surface area contributed by atoms with Crippen LogP contribution in [-0.2, 0) is 14.3 Å². The molecule has 0 heterocycles. The fourth-order valence-electron chi connectivity index (χ4n) is 4.51. The third-order valence-corrected chi connectivity index (χ3v) is 6.40. The molecule has 1 aliphatic rings. The molecule has 3 N–H and O–H groups in total. The fourth-order valence-corrected chi connectivity index (χ4v) is 4.51. The second kappa shape index (κ2) is 10.9. The molecule has 7 nitrogen and oxygen atoms in total. The molecule has 0 aliphatic heterocycles. The van der Waals surface area contributed by atoms with E-state index in [4.69, 9.17) is 4.74 Å². The molecular formula is C28H36N2O5. The number of carbonyl (C=O) groups is 3. The first-order valence-corrected chi connectivity index (χ1v) is 12.1. The molecule has 3 rings (SSSR count). The number of rotatable bonds is 9. The molecule has 2 aromatic rings. The van der Waals surface area contributed by atoms with Crippen LogP contribution < -0.4 is 10.6 Å². The zero-order valence-electron chi connectivity index (χ0n) is 21.1. The minimum Gasteiger partial charge on any atom is -0.481 e. The zero-order chi connectivity index (χ0) is 25.8. The summed E-state index contributed by atoms with van der Waals surface area (Å²) in [6, 6.07) is 14.8. The van der Waals surface area contributed by atoms with Crippen molar-refractivity contribution in [1.82, 2.24) is 10.6 Å². The number of benzene rings is 2. The molecule has 35 heavy (non-hydrogen) atoms. The molecule has 0 bridgehead atoms. The predicted molar refractivity (Wildman–Crippen MR) is 135 cm³/mol. The molecule has 0 spiro atoms. The summed E-state index contributed by atoms with van der Waals surface area (Å²) >= 11 is 0. The van der Waals surface area contributed by atoms with Crippen molar-refractivity contribution in [3.63, 3.8) is 0 Å². The third-order valence-electron chi connectivity index (χ3n) is 6.40. The van der Waals surface area contributed by atoms with Gasteiger partial charge < -0.3 is 20.5 Å². The number of carboxylic acids is 1. The van der Waals surface area contributed by atoms with Gasteiger partial charge >= 0.3 is 12.1 Å². The number of fused-ring (bicyclic) bond motifs is 3. The molecule has 0 saturated heterocycles. The Labute approximate surface area is 207 Å². The number of amides is 2. The van der Waals surface area contributed by atoms with E-state index in [0.717, 1.165) is 22.3 Å². The molecular weight excluding hydrogens is 444 g/mol. The summed E-state index contributed by atoms with van der Waals surface area (Å²) in [7, 11) is 0. The van der Waals surface area contributed by atoms with Crippen molar-refractivity contribution in [2.24, 2.45) is 11.3 Å². The van der Waals surface area contributed by atoms with Crippen LogP contribution in [0.15, 0.2) is 48.5 Å². The van der Waals surface area contributed by atoms with E-state index < -0.39 is 35.5 Å². The average Bonchev–Trinajstić information content (AvgIpc) is 3.09. The molecule has 2 atom stereocenters. The van der Waals surface area contributed by atoms with Gasteiger partial charge in [0, 0.05) is 12.0 Å². The largest absolute Gasteiger partial charge is 0.481 e. The monoisotopic (exact) mass is 480 g/mol. The van der Waals surface area contributed by atoms with Gasteiger partial charge in [0.15, 0.2) is 0 Å². The summed E-state index contributed by atoms with van der Waals surface area (Å²) in [5.41, 5.74) is 4.04. The number of carbonyl (C=O) groups excluding carboxylic acids is 2. The Morgan fingerprint density at radius 1 is 0.943 bits per heavy atom. The first kappa shape index (κ1) is 26.3. The van der Waals surface area contributed by atoms with Crippen LogP contribution in [0.5, 0.6) is 0 Å². The SMILES string of the molecule is CC(C)C[C@@H](NC(=O)OCC1c2ccccc2-c2ccccc21)C(=O)NC(CC(=O)O)C(C)(C)C. The van der Waals surface area contributed by atoms with Gasteiger partial charge in [0.05, 0.1) is 6.42 Å². The molecule has 1 aliphatic carbocycles. The van der Waals surface area contributed by atoms with Gasteiger partial charge in [-0.2, -0.15) is 0 Å². The van der Waals surface area contributed by atoms with E-state index in [2.05, 4.69) is 22.8 Å². The Kier molecular flexibility index (Phi) is 8.20. The molecule has 0 radical (unpaired) electrons. The van der Waals surface area contributed by atoms with Crippen molar-refractivity contribution in [3.8, 4) is 11.1 Å². The predicted octanol–water partition coefficient (Wildman–Crippen LogP) is 4.95. The topological polar surface area (TPSA) is 105 Å². The summed E-state index contributed by atoms with van der Waals surface area (Å²) < 4.78 is 5.61. The Morgan fingerprint density at radius 3 is 1.97 bits per heavy atom. The molecule has 0 fully saturated rings. The van der Waals surface area contributed by atoms with Crippen molar-refractivity contribution in [3.05, 3.63) is 59.7 Å². The van der Waals surface area contributed by atoms with Gasteiger partial charge in [-0.1, -0.05) is 83.1 Å². The molecule has 188 valence electrons. The molecule has 2 amide bonds. The number of carboxylic acid groups (broad SMARTS) is 1. The van der Waals surface area contributed by atoms with Crippen LogP contribution in [0, 0.1) is 11.3 Å². The molecule has 0 aromatic heterocycles. The first-order chi connectivity index (χ1) is 16.5. The maximum absolute atomic E-state index is 13.1. The second-order valence-corrected chi connectivity index (χ2v) is 10.7. The lowest BCUT2D eigenvalue weighted by atomic mass is 9.84. The van der Waals surface area contributed by atoms with Gasteiger partial charge in [-0.25, -0.2) is 4.79 Å². The molecule has 0 saturated carbocycles. The van der Waals surface area contributed by atoms with Gasteiger partial charge in [-0.05, 0) is 40.0 Å². The van der Waals surface area contributed by atoms with E-state index in [1.807, 2.05) is 71.0 Å². The third kappa shape index (κ3) is 6.62. The lowest BCUT2D eigenvalue weighted by molar-refractivity contribution is -0.138. The smallest absolute Gasteiger partial charge is 0.407 e. The van der Waals surface area contributed by atoms with Crippen molar-refractivity contribution in [1.29, 1.82) is 0 Å². The van der Waals surface area contributed by atoms with Gasteiger partial charge in [-0.3, -0.25) is 9.59 Å². The van der Waals surface area contributed by atoms with E-state index in [0.29, 0.717) is 6.42 Å². The highest BCUT2D eigenvalue weighted by Crippen LogP contribution is 2.44. The Morgan fingerprint density at radius 2 is 1.49 bits per heavy atom. The number of hydrogen-bond acceptors (Lipinski definition) is 4. The Bertz CT molecular complexity index is 1030. The normalized spacial score (nSPS) is 14.6. The van der Waals surface area contributed by atoms with E-state index in [1.165, 1.54) is 0 Å². The highest BCUT2D eigenvalue weighted by Gasteiger charge is 2.33. The van der Waals surface area contributed by atoms with Crippen LogP contribution in [0.2, 0.25) is 0 Å². The second-order valence-electron chi connectivity index (χ2n) is 10.7. The van der Waals surface area contributed by atoms with Crippen LogP contribution in [0.1, 0.15) is 64.5 Å². The molecule has 7 heteroatoms. The van der Waals surface area contributed by atoms with E-state index in [-0.39, 0.29) is 24.9 Å². The minimum atomic E-state index is -0.991. The number of nitrogens with one attached hydrogen (secondary N) is 2. The maximum atomic E-state index is 13.1. The number of ether oxygens (including phenoxy) is 1. The highest BCUT2D eigenvalue weighted by molar-refractivity contribution is 5.86. The van der Waals surface area contributed by atoms with Gasteiger partial charge in [0.25, 0.3) is 0 Å². The van der Waals surface area contributed by atoms with Crippen molar-refractivity contribution < 1.29 is 24.2 Å². The Balaban J connectivity index is 1.68. The quantitative estimate of drug-likeness (QED) is 0.471. The van der Waals surface area contributed by atoms with Crippen molar-refractivity contribution in [2.75, 3.05) is 6.61 Å². The lowest BCUT2D eigenvalue weighted by Crippen LogP contribution is -2.53. The zero-order valence-corrected chi connectivity index (χ0v) is 21.1. The van der Waals surface area contributed by atoms with Crippen LogP contribution in [0.4, 0.5) is 4.79 Å². The highest BCUT2D eigenvalue weighted by atomic mass is 16.5. The average molecular weight is 481 g/mol. The van der Waals surface area contributed by atoms with E-state index >= 15 is 0 Å². The lowest BCUT2D eigenvalue weighted by Gasteiger charge is -2.32. The fraction of sp³-hybridized carbons (Fsp3) is 0.464. The van der Waals surface area contributed by atoms with E-state index in [1.54, 1.807) is 0 Å². The van der Waals surface area contributed by atoms with Crippen LogP contribution in [-0.4, -0.2) is 41.8 Å². The summed E-state index contributed by atoms with van der Waals surface area (Å²) in [6.07, 6.45) is -0.465. The van der Waals surface area contributed by atoms with Crippen LogP contribution in [0.25, 0.3) is 11.1 Å². The van der Waals surface area contributed by atoms with Crippen LogP contribution >= 0.6 is 0 Å². The molecule has 2 aromatic carbocycles. The van der Waals surface area contributed by atoms with Crippen molar-refractivity contribution in [2.45, 2.75) is 65.5 Å².